The third-order valence-corrected chi connectivity index (χ3v) is 5.55. The van der Waals surface area contributed by atoms with Crippen molar-refractivity contribution in [3.8, 4) is 23.0 Å². The van der Waals surface area contributed by atoms with Gasteiger partial charge in [0.15, 0.2) is 17.3 Å². The molecule has 0 bridgehead atoms. The Bertz CT molecular complexity index is 1170. The highest BCUT2D eigenvalue weighted by Gasteiger charge is 2.34. The smallest absolute Gasteiger partial charge is 0.283 e. The van der Waals surface area contributed by atoms with E-state index < -0.39 is 5.91 Å². The number of amides is 1. The summed E-state index contributed by atoms with van der Waals surface area (Å²) in [6, 6.07) is 12.6. The number of methoxy groups -OCH3 is 2. The highest BCUT2D eigenvalue weighted by Crippen LogP contribution is 2.31. The van der Waals surface area contributed by atoms with Crippen LogP contribution in [0.3, 0.4) is 0 Å². The van der Waals surface area contributed by atoms with Crippen LogP contribution in [-0.4, -0.2) is 54.4 Å². The summed E-state index contributed by atoms with van der Waals surface area (Å²) in [4.78, 5) is 16.5. The van der Waals surface area contributed by atoms with Crippen molar-refractivity contribution in [1.82, 2.24) is 5.01 Å². The van der Waals surface area contributed by atoms with Gasteiger partial charge < -0.3 is 18.9 Å². The fourth-order valence-electron chi connectivity index (χ4n) is 3.13. The molecule has 0 saturated carbocycles. The normalized spacial score (nSPS) is 16.3. The lowest BCUT2D eigenvalue weighted by Gasteiger charge is -2.20. The summed E-state index contributed by atoms with van der Waals surface area (Å²) in [5, 5.41) is 15.1. The number of amidine groups is 2. The van der Waals surface area contributed by atoms with Gasteiger partial charge in [-0.3, -0.25) is 10.2 Å². The summed E-state index contributed by atoms with van der Waals surface area (Å²) in [6.45, 7) is 2.47. The van der Waals surface area contributed by atoms with Gasteiger partial charge in [0.25, 0.3) is 5.91 Å². The molecule has 0 saturated heterocycles. The Kier molecular flexibility index (Phi) is 6.64. The Hall–Kier alpha value is -3.79. The van der Waals surface area contributed by atoms with Crippen LogP contribution in [0.1, 0.15) is 12.5 Å². The fraction of sp³-hybridized carbons (Fsp3) is 0.217. The molecule has 4 rings (SSSR count). The number of benzene rings is 2. The fourth-order valence-corrected chi connectivity index (χ4v) is 3.86. The zero-order chi connectivity index (χ0) is 23.4. The first kappa shape index (κ1) is 22.4. The van der Waals surface area contributed by atoms with E-state index in [1.54, 1.807) is 38.3 Å². The summed E-state index contributed by atoms with van der Waals surface area (Å²) in [6.07, 6.45) is 1.60. The standard InChI is InChI=1S/C23H22N4O5S/c1-14-26-27-21(24)18(22(28)25-23(27)33-14)12-15-4-9-19(20(13-15)30-3)32-11-10-31-17-7-5-16(29-2)6-8-17/h4-9,12-13,24H,10-11H2,1-3H3. The Balaban J connectivity index is 1.41. The monoisotopic (exact) mass is 466 g/mol. The van der Waals surface area contributed by atoms with Crippen LogP contribution in [0.2, 0.25) is 0 Å². The molecule has 170 valence electrons. The molecule has 0 spiro atoms. The van der Waals surface area contributed by atoms with E-state index in [2.05, 4.69) is 10.1 Å². The number of rotatable bonds is 8. The number of hydrogen-bond donors (Lipinski definition) is 1. The van der Waals surface area contributed by atoms with Crippen molar-refractivity contribution in [2.24, 2.45) is 10.1 Å². The van der Waals surface area contributed by atoms with Gasteiger partial charge in [0.2, 0.25) is 5.17 Å². The molecule has 1 N–H and O–H groups in total. The minimum absolute atomic E-state index is 0.00989. The van der Waals surface area contributed by atoms with E-state index in [0.717, 1.165) is 16.5 Å². The summed E-state index contributed by atoms with van der Waals surface area (Å²) in [5.41, 5.74) is 0.828. The summed E-state index contributed by atoms with van der Waals surface area (Å²) in [5.74, 6) is 2.04. The van der Waals surface area contributed by atoms with Crippen molar-refractivity contribution < 1.29 is 23.7 Å². The number of nitrogens with zero attached hydrogens (tertiary/aromatic N) is 3. The van der Waals surface area contributed by atoms with E-state index in [0.29, 0.717) is 35.4 Å². The van der Waals surface area contributed by atoms with Gasteiger partial charge in [-0.25, -0.2) is 0 Å². The lowest BCUT2D eigenvalue weighted by atomic mass is 10.1. The molecule has 0 atom stereocenters. The van der Waals surface area contributed by atoms with Crippen LogP contribution in [0.5, 0.6) is 23.0 Å². The Morgan fingerprint density at radius 3 is 2.45 bits per heavy atom. The largest absolute Gasteiger partial charge is 0.497 e. The predicted molar refractivity (Wildman–Crippen MR) is 128 cm³/mol. The van der Waals surface area contributed by atoms with Gasteiger partial charge in [0.1, 0.15) is 24.7 Å². The number of carbonyl (C=O) groups is 1. The summed E-state index contributed by atoms with van der Waals surface area (Å²) >= 11 is 1.27. The molecule has 0 aromatic heterocycles. The predicted octanol–water partition coefficient (Wildman–Crippen LogP) is 3.80. The Labute approximate surface area is 195 Å². The molecule has 2 aromatic carbocycles. The molecular weight excluding hydrogens is 444 g/mol. The van der Waals surface area contributed by atoms with E-state index in [-0.39, 0.29) is 11.4 Å². The van der Waals surface area contributed by atoms with Gasteiger partial charge in [-0.2, -0.15) is 15.1 Å². The Morgan fingerprint density at radius 2 is 1.73 bits per heavy atom. The van der Waals surface area contributed by atoms with Crippen LogP contribution < -0.4 is 18.9 Å². The second-order valence-electron chi connectivity index (χ2n) is 6.92. The van der Waals surface area contributed by atoms with Crippen LogP contribution in [0.4, 0.5) is 0 Å². The van der Waals surface area contributed by atoms with Gasteiger partial charge >= 0.3 is 0 Å². The number of hydrazone groups is 1. The van der Waals surface area contributed by atoms with Crippen molar-refractivity contribution in [1.29, 1.82) is 5.41 Å². The van der Waals surface area contributed by atoms with E-state index in [1.807, 2.05) is 24.3 Å². The van der Waals surface area contributed by atoms with Gasteiger partial charge in [0, 0.05) is 0 Å². The van der Waals surface area contributed by atoms with Crippen LogP contribution in [0, 0.1) is 5.41 Å². The molecule has 0 unspecified atom stereocenters. The van der Waals surface area contributed by atoms with Gasteiger partial charge in [-0.05, 0) is 66.7 Å². The zero-order valence-electron chi connectivity index (χ0n) is 18.3. The molecule has 33 heavy (non-hydrogen) atoms. The first-order chi connectivity index (χ1) is 16.0. The molecule has 1 amide bonds. The molecule has 10 heteroatoms. The third-order valence-electron chi connectivity index (χ3n) is 4.72. The second kappa shape index (κ2) is 9.78. The lowest BCUT2D eigenvalue weighted by molar-refractivity contribution is -0.114. The van der Waals surface area contributed by atoms with Crippen LogP contribution in [-0.2, 0) is 4.79 Å². The van der Waals surface area contributed by atoms with Gasteiger partial charge in [-0.1, -0.05) is 6.07 Å². The topological polar surface area (TPSA) is 106 Å². The third kappa shape index (κ3) is 5.01. The lowest BCUT2D eigenvalue weighted by Crippen LogP contribution is -2.35. The number of fused-ring (bicyclic) bond motifs is 1. The maximum Gasteiger partial charge on any atom is 0.283 e. The van der Waals surface area contributed by atoms with Crippen LogP contribution in [0.15, 0.2) is 58.1 Å². The van der Waals surface area contributed by atoms with Crippen molar-refractivity contribution in [2.75, 3.05) is 27.4 Å². The molecule has 2 heterocycles. The van der Waals surface area contributed by atoms with Gasteiger partial charge in [-0.15, -0.1) is 0 Å². The first-order valence-corrected chi connectivity index (χ1v) is 10.8. The van der Waals surface area contributed by atoms with Crippen LogP contribution >= 0.6 is 11.8 Å². The molecule has 0 aliphatic carbocycles. The SMILES string of the molecule is COc1ccc(OCCOc2ccc(C=C3C(=N)N4N=C(C)SC4=NC3=O)cc2OC)cc1. The summed E-state index contributed by atoms with van der Waals surface area (Å²) < 4.78 is 22.0. The number of aliphatic imine (C=N–C) groups is 1. The minimum Gasteiger partial charge on any atom is -0.497 e. The molecule has 0 radical (unpaired) electrons. The molecule has 2 aliphatic heterocycles. The number of hydrogen-bond acceptors (Lipinski definition) is 8. The minimum atomic E-state index is -0.473. The van der Waals surface area contributed by atoms with E-state index in [4.69, 9.17) is 24.4 Å². The second-order valence-corrected chi connectivity index (χ2v) is 8.08. The number of ether oxygens (including phenoxy) is 4. The van der Waals surface area contributed by atoms with Crippen molar-refractivity contribution in [3.63, 3.8) is 0 Å². The average Bonchev–Trinajstić information content (AvgIpc) is 3.20. The number of carbonyl (C=O) groups excluding carboxylic acids is 1. The Morgan fingerprint density at radius 1 is 1.00 bits per heavy atom. The quantitative estimate of drug-likeness (QED) is 0.466. The van der Waals surface area contributed by atoms with Crippen molar-refractivity contribution >= 4 is 39.8 Å². The zero-order valence-corrected chi connectivity index (χ0v) is 19.1. The average molecular weight is 467 g/mol. The van der Waals surface area contributed by atoms with Gasteiger partial charge in [0.05, 0.1) is 24.8 Å². The highest BCUT2D eigenvalue weighted by molar-refractivity contribution is 8.26. The number of thioether (sulfide) groups is 1. The maximum absolute atomic E-state index is 12.4. The number of nitrogens with one attached hydrogen (secondary N) is 1. The van der Waals surface area contributed by atoms with E-state index in [1.165, 1.54) is 23.9 Å². The van der Waals surface area contributed by atoms with Crippen molar-refractivity contribution in [3.05, 3.63) is 53.6 Å². The van der Waals surface area contributed by atoms with Crippen molar-refractivity contribution in [2.45, 2.75) is 6.92 Å². The molecule has 0 fully saturated rings. The molecule has 2 aromatic rings. The first-order valence-electron chi connectivity index (χ1n) is 10.0. The van der Waals surface area contributed by atoms with E-state index in [9.17, 15) is 4.79 Å². The highest BCUT2D eigenvalue weighted by atomic mass is 32.2. The summed E-state index contributed by atoms with van der Waals surface area (Å²) in [7, 11) is 3.15. The molecule has 9 nitrogen and oxygen atoms in total. The maximum atomic E-state index is 12.4. The molecular formula is C23H22N4O5S. The van der Waals surface area contributed by atoms with Crippen LogP contribution in [0.25, 0.3) is 6.08 Å². The molecule has 2 aliphatic rings. The van der Waals surface area contributed by atoms with E-state index >= 15 is 0 Å².